The standard InChI is InChI=1S/C20H27N5/c1-16-10-17(2)13-23(12-16)7-3-8-24-9-6-18-4-5-19(11-20(18)24)25-14-21-22-15-25/h4-6,9,11,14-17H,3,7-8,10,12-13H2,1-2H3. The first-order chi connectivity index (χ1) is 12.2. The Hall–Kier alpha value is -2.14. The van der Waals surface area contributed by atoms with E-state index in [1.54, 1.807) is 12.7 Å². The van der Waals surface area contributed by atoms with Crippen molar-refractivity contribution in [2.75, 3.05) is 19.6 Å². The molecule has 2 unspecified atom stereocenters. The molecule has 0 spiro atoms. The highest BCUT2D eigenvalue weighted by atomic mass is 15.2. The Morgan fingerprint density at radius 3 is 2.52 bits per heavy atom. The van der Waals surface area contributed by atoms with Gasteiger partial charge in [0.25, 0.3) is 0 Å². The fourth-order valence-electron chi connectivity index (χ4n) is 4.30. The van der Waals surface area contributed by atoms with Crippen molar-refractivity contribution in [3.63, 3.8) is 0 Å². The molecule has 1 aliphatic heterocycles. The summed E-state index contributed by atoms with van der Waals surface area (Å²) in [6.45, 7) is 9.54. The summed E-state index contributed by atoms with van der Waals surface area (Å²) in [5, 5.41) is 9.09. The minimum absolute atomic E-state index is 0.836. The number of benzene rings is 1. The quantitative estimate of drug-likeness (QED) is 0.714. The van der Waals surface area contributed by atoms with Crippen molar-refractivity contribution >= 4 is 10.9 Å². The van der Waals surface area contributed by atoms with Crippen LogP contribution in [0.5, 0.6) is 0 Å². The van der Waals surface area contributed by atoms with E-state index < -0.39 is 0 Å². The number of piperidine rings is 1. The van der Waals surface area contributed by atoms with Gasteiger partial charge in [-0.15, -0.1) is 10.2 Å². The minimum atomic E-state index is 0.836. The fraction of sp³-hybridized carbons (Fsp3) is 0.500. The molecule has 3 heterocycles. The Morgan fingerprint density at radius 1 is 1.00 bits per heavy atom. The van der Waals surface area contributed by atoms with Crippen LogP contribution in [0, 0.1) is 11.8 Å². The average molecular weight is 337 g/mol. The number of rotatable bonds is 5. The fourth-order valence-corrected chi connectivity index (χ4v) is 4.30. The molecular formula is C20H27N5. The first-order valence-electron chi connectivity index (χ1n) is 9.35. The third-order valence-electron chi connectivity index (χ3n) is 5.29. The van der Waals surface area contributed by atoms with Gasteiger partial charge in [-0.2, -0.15) is 0 Å². The smallest absolute Gasteiger partial charge is 0.123 e. The topological polar surface area (TPSA) is 38.9 Å². The van der Waals surface area contributed by atoms with Crippen molar-refractivity contribution in [2.24, 2.45) is 11.8 Å². The summed E-state index contributed by atoms with van der Waals surface area (Å²) in [6, 6.07) is 8.72. The molecular weight excluding hydrogens is 310 g/mol. The largest absolute Gasteiger partial charge is 0.347 e. The van der Waals surface area contributed by atoms with E-state index in [4.69, 9.17) is 0 Å². The lowest BCUT2D eigenvalue weighted by atomic mass is 9.92. The van der Waals surface area contributed by atoms with Crippen molar-refractivity contribution in [2.45, 2.75) is 33.2 Å². The van der Waals surface area contributed by atoms with Gasteiger partial charge >= 0.3 is 0 Å². The highest BCUT2D eigenvalue weighted by Crippen LogP contribution is 2.22. The van der Waals surface area contributed by atoms with E-state index in [-0.39, 0.29) is 0 Å². The molecule has 5 nitrogen and oxygen atoms in total. The van der Waals surface area contributed by atoms with Crippen LogP contribution in [-0.2, 0) is 6.54 Å². The molecule has 1 saturated heterocycles. The lowest BCUT2D eigenvalue weighted by molar-refractivity contribution is 0.138. The molecule has 4 rings (SSSR count). The molecule has 0 amide bonds. The number of hydrogen-bond donors (Lipinski definition) is 0. The molecule has 3 aromatic rings. The molecule has 0 bridgehead atoms. The Labute approximate surface area is 149 Å². The molecule has 2 atom stereocenters. The number of likely N-dealkylation sites (tertiary alicyclic amines) is 1. The second-order valence-electron chi connectivity index (χ2n) is 7.68. The van der Waals surface area contributed by atoms with E-state index in [2.05, 4.69) is 64.0 Å². The van der Waals surface area contributed by atoms with E-state index in [1.807, 2.05) is 4.57 Å². The summed E-state index contributed by atoms with van der Waals surface area (Å²) >= 11 is 0. The molecule has 1 aliphatic rings. The van der Waals surface area contributed by atoms with E-state index in [1.165, 1.54) is 43.4 Å². The molecule has 25 heavy (non-hydrogen) atoms. The van der Waals surface area contributed by atoms with Gasteiger partial charge in [-0.3, -0.25) is 4.57 Å². The predicted molar refractivity (Wildman–Crippen MR) is 101 cm³/mol. The molecule has 2 aromatic heterocycles. The third-order valence-corrected chi connectivity index (χ3v) is 5.29. The summed E-state index contributed by atoms with van der Waals surface area (Å²) < 4.78 is 4.33. The van der Waals surface area contributed by atoms with Crippen LogP contribution in [-0.4, -0.2) is 43.9 Å². The lowest BCUT2D eigenvalue weighted by Gasteiger charge is -2.35. The zero-order valence-electron chi connectivity index (χ0n) is 15.2. The molecule has 0 N–H and O–H groups in total. The van der Waals surface area contributed by atoms with E-state index in [0.29, 0.717) is 0 Å². The van der Waals surface area contributed by atoms with E-state index >= 15 is 0 Å². The Bertz CT molecular complexity index is 810. The second kappa shape index (κ2) is 7.00. The maximum absolute atomic E-state index is 3.90. The normalized spacial score (nSPS) is 21.8. The van der Waals surface area contributed by atoms with Gasteiger partial charge in [-0.05, 0) is 54.8 Å². The molecule has 0 saturated carbocycles. The van der Waals surface area contributed by atoms with Crippen LogP contribution >= 0.6 is 0 Å². The average Bonchev–Trinajstić information content (AvgIpc) is 3.23. The van der Waals surface area contributed by atoms with Crippen molar-refractivity contribution < 1.29 is 0 Å². The lowest BCUT2D eigenvalue weighted by Crippen LogP contribution is -2.39. The zero-order valence-corrected chi connectivity index (χ0v) is 15.2. The first kappa shape index (κ1) is 16.3. The van der Waals surface area contributed by atoms with Crippen LogP contribution < -0.4 is 0 Å². The second-order valence-corrected chi connectivity index (χ2v) is 7.68. The van der Waals surface area contributed by atoms with Crippen molar-refractivity contribution in [1.82, 2.24) is 24.2 Å². The predicted octanol–water partition coefficient (Wildman–Crippen LogP) is 3.59. The minimum Gasteiger partial charge on any atom is -0.347 e. The SMILES string of the molecule is CC1CC(C)CN(CCCn2ccc3ccc(-n4cnnc4)cc32)C1. The van der Waals surface area contributed by atoms with Gasteiger partial charge in [-0.25, -0.2) is 0 Å². The van der Waals surface area contributed by atoms with Crippen LogP contribution in [0.3, 0.4) is 0 Å². The molecule has 0 aliphatic carbocycles. The number of hydrogen-bond acceptors (Lipinski definition) is 3. The number of aryl methyl sites for hydroxylation is 1. The Kier molecular flexibility index (Phi) is 4.57. The Balaban J connectivity index is 1.44. The van der Waals surface area contributed by atoms with Gasteiger partial charge in [0.05, 0.1) is 11.2 Å². The van der Waals surface area contributed by atoms with Crippen LogP contribution in [0.15, 0.2) is 43.1 Å². The van der Waals surface area contributed by atoms with Crippen molar-refractivity contribution in [3.8, 4) is 5.69 Å². The van der Waals surface area contributed by atoms with Gasteiger partial charge in [-0.1, -0.05) is 19.9 Å². The molecule has 1 aromatic carbocycles. The van der Waals surface area contributed by atoms with Crippen LogP contribution in [0.2, 0.25) is 0 Å². The number of aromatic nitrogens is 4. The van der Waals surface area contributed by atoms with E-state index in [0.717, 1.165) is 24.1 Å². The molecule has 0 radical (unpaired) electrons. The maximum Gasteiger partial charge on any atom is 0.123 e. The molecule has 132 valence electrons. The van der Waals surface area contributed by atoms with Crippen molar-refractivity contribution in [1.29, 1.82) is 0 Å². The third kappa shape index (κ3) is 3.61. The maximum atomic E-state index is 3.90. The molecule has 1 fully saturated rings. The van der Waals surface area contributed by atoms with Crippen LogP contribution in [0.1, 0.15) is 26.7 Å². The van der Waals surface area contributed by atoms with E-state index in [9.17, 15) is 0 Å². The van der Waals surface area contributed by atoms with Gasteiger partial charge in [0.2, 0.25) is 0 Å². The summed E-state index contributed by atoms with van der Waals surface area (Å²) in [4.78, 5) is 2.65. The summed E-state index contributed by atoms with van der Waals surface area (Å²) in [5.41, 5.74) is 2.39. The van der Waals surface area contributed by atoms with Crippen molar-refractivity contribution in [3.05, 3.63) is 43.1 Å². The zero-order chi connectivity index (χ0) is 17.2. The number of nitrogens with zero attached hydrogens (tertiary/aromatic N) is 5. The Morgan fingerprint density at radius 2 is 1.76 bits per heavy atom. The first-order valence-corrected chi connectivity index (χ1v) is 9.35. The molecule has 5 heteroatoms. The monoisotopic (exact) mass is 337 g/mol. The van der Waals surface area contributed by atoms with Crippen LogP contribution in [0.25, 0.3) is 16.6 Å². The van der Waals surface area contributed by atoms with Gasteiger partial charge in [0, 0.05) is 25.8 Å². The van der Waals surface area contributed by atoms with Gasteiger partial charge in [0.15, 0.2) is 0 Å². The number of fused-ring (bicyclic) bond motifs is 1. The van der Waals surface area contributed by atoms with Crippen LogP contribution in [0.4, 0.5) is 0 Å². The highest BCUT2D eigenvalue weighted by Gasteiger charge is 2.21. The highest BCUT2D eigenvalue weighted by molar-refractivity contribution is 5.82. The summed E-state index contributed by atoms with van der Waals surface area (Å²) in [6.07, 6.45) is 8.27. The van der Waals surface area contributed by atoms with Gasteiger partial charge in [0.1, 0.15) is 12.7 Å². The summed E-state index contributed by atoms with van der Waals surface area (Å²) in [7, 11) is 0. The summed E-state index contributed by atoms with van der Waals surface area (Å²) in [5.74, 6) is 1.67. The van der Waals surface area contributed by atoms with Gasteiger partial charge < -0.3 is 9.47 Å².